The van der Waals surface area contributed by atoms with Crippen molar-refractivity contribution in [3.8, 4) is 0 Å². The van der Waals surface area contributed by atoms with E-state index in [4.69, 9.17) is 14.9 Å². The van der Waals surface area contributed by atoms with E-state index in [0.29, 0.717) is 6.42 Å². The van der Waals surface area contributed by atoms with Crippen molar-refractivity contribution in [1.29, 1.82) is 0 Å². The number of aliphatic hydroxyl groups is 1. The Morgan fingerprint density at radius 1 is 1.61 bits per heavy atom. The van der Waals surface area contributed by atoms with Crippen LogP contribution < -0.4 is 5.32 Å². The summed E-state index contributed by atoms with van der Waals surface area (Å²) >= 11 is 0. The zero-order valence-corrected chi connectivity index (χ0v) is 9.84. The van der Waals surface area contributed by atoms with Crippen LogP contribution in [-0.2, 0) is 4.74 Å². The second kappa shape index (κ2) is 6.72. The van der Waals surface area contributed by atoms with Crippen molar-refractivity contribution in [2.45, 2.75) is 12.5 Å². The minimum absolute atomic E-state index is 0.110. The SMILES string of the molecule is COCC(CCO)NC(=O)c1nc[nH]c1C(=O)O. The molecule has 0 saturated carbocycles. The van der Waals surface area contributed by atoms with Crippen molar-refractivity contribution in [3.05, 3.63) is 17.7 Å². The van der Waals surface area contributed by atoms with E-state index in [1.807, 2.05) is 0 Å². The smallest absolute Gasteiger partial charge is 0.354 e. The molecule has 0 aliphatic rings. The Hall–Kier alpha value is -1.93. The summed E-state index contributed by atoms with van der Waals surface area (Å²) in [6, 6.07) is -0.397. The molecular weight excluding hydrogens is 242 g/mol. The Labute approximate surface area is 103 Å². The number of aromatic carboxylic acids is 1. The summed E-state index contributed by atoms with van der Waals surface area (Å²) in [5.41, 5.74) is -0.464. The molecule has 1 amide bonds. The number of carboxylic acids is 1. The lowest BCUT2D eigenvalue weighted by Gasteiger charge is -2.16. The molecule has 1 atom stereocenters. The fourth-order valence-electron chi connectivity index (χ4n) is 1.44. The van der Waals surface area contributed by atoms with E-state index < -0.39 is 17.9 Å². The van der Waals surface area contributed by atoms with E-state index >= 15 is 0 Å². The summed E-state index contributed by atoms with van der Waals surface area (Å²) in [4.78, 5) is 28.6. The third-order valence-electron chi connectivity index (χ3n) is 2.25. The summed E-state index contributed by atoms with van der Waals surface area (Å²) < 4.78 is 4.88. The summed E-state index contributed by atoms with van der Waals surface area (Å²) in [6.45, 7) is 0.111. The second-order valence-electron chi connectivity index (χ2n) is 3.57. The largest absolute Gasteiger partial charge is 0.477 e. The first-order valence-electron chi connectivity index (χ1n) is 5.27. The summed E-state index contributed by atoms with van der Waals surface area (Å²) in [5, 5.41) is 20.2. The summed E-state index contributed by atoms with van der Waals surface area (Å²) in [5.74, 6) is -1.88. The number of hydrogen-bond acceptors (Lipinski definition) is 5. The number of ether oxygens (including phenoxy) is 1. The Morgan fingerprint density at radius 3 is 2.89 bits per heavy atom. The number of hydrogen-bond donors (Lipinski definition) is 4. The number of aromatic amines is 1. The van der Waals surface area contributed by atoms with Crippen LogP contribution in [-0.4, -0.2) is 58.4 Å². The molecule has 18 heavy (non-hydrogen) atoms. The molecule has 0 fully saturated rings. The van der Waals surface area contributed by atoms with E-state index in [1.54, 1.807) is 0 Å². The third kappa shape index (κ3) is 3.54. The molecule has 1 heterocycles. The molecule has 1 rings (SSSR count). The maximum absolute atomic E-state index is 11.8. The van der Waals surface area contributed by atoms with Crippen molar-refractivity contribution in [2.24, 2.45) is 0 Å². The monoisotopic (exact) mass is 257 g/mol. The van der Waals surface area contributed by atoms with Gasteiger partial charge < -0.3 is 25.3 Å². The number of amides is 1. The van der Waals surface area contributed by atoms with Crippen LogP contribution >= 0.6 is 0 Å². The maximum atomic E-state index is 11.8. The van der Waals surface area contributed by atoms with Crippen LogP contribution in [0.3, 0.4) is 0 Å². The van der Waals surface area contributed by atoms with Gasteiger partial charge in [0.2, 0.25) is 0 Å². The van der Waals surface area contributed by atoms with E-state index in [0.717, 1.165) is 6.33 Å². The molecule has 0 saturated heterocycles. The van der Waals surface area contributed by atoms with Gasteiger partial charge in [-0.25, -0.2) is 9.78 Å². The number of nitrogens with zero attached hydrogens (tertiary/aromatic N) is 1. The number of nitrogens with one attached hydrogen (secondary N) is 2. The van der Waals surface area contributed by atoms with Gasteiger partial charge in [-0.1, -0.05) is 0 Å². The highest BCUT2D eigenvalue weighted by molar-refractivity contribution is 6.02. The predicted molar refractivity (Wildman–Crippen MR) is 60.4 cm³/mol. The highest BCUT2D eigenvalue weighted by atomic mass is 16.5. The lowest BCUT2D eigenvalue weighted by Crippen LogP contribution is -2.39. The minimum Gasteiger partial charge on any atom is -0.477 e. The fourth-order valence-corrected chi connectivity index (χ4v) is 1.44. The van der Waals surface area contributed by atoms with Gasteiger partial charge in [-0.15, -0.1) is 0 Å². The summed E-state index contributed by atoms with van der Waals surface area (Å²) in [6.07, 6.45) is 1.45. The first kappa shape index (κ1) is 14.1. The zero-order valence-electron chi connectivity index (χ0n) is 9.84. The summed E-state index contributed by atoms with van der Waals surface area (Å²) in [7, 11) is 1.47. The van der Waals surface area contributed by atoms with Crippen LogP contribution in [0.1, 0.15) is 27.4 Å². The van der Waals surface area contributed by atoms with Crippen LogP contribution in [0.25, 0.3) is 0 Å². The number of methoxy groups -OCH3 is 1. The van der Waals surface area contributed by atoms with Crippen molar-refractivity contribution in [2.75, 3.05) is 20.3 Å². The molecule has 0 aliphatic carbocycles. The normalized spacial score (nSPS) is 12.1. The third-order valence-corrected chi connectivity index (χ3v) is 2.25. The van der Waals surface area contributed by atoms with Gasteiger partial charge in [0.1, 0.15) is 0 Å². The van der Waals surface area contributed by atoms with E-state index in [-0.39, 0.29) is 24.6 Å². The number of rotatable bonds is 7. The van der Waals surface area contributed by atoms with Crippen molar-refractivity contribution >= 4 is 11.9 Å². The molecule has 100 valence electrons. The first-order chi connectivity index (χ1) is 8.60. The van der Waals surface area contributed by atoms with Gasteiger partial charge in [0.15, 0.2) is 11.4 Å². The van der Waals surface area contributed by atoms with E-state index in [1.165, 1.54) is 7.11 Å². The molecule has 1 aromatic rings. The number of carbonyl (C=O) groups excluding carboxylic acids is 1. The highest BCUT2D eigenvalue weighted by Gasteiger charge is 2.21. The molecule has 0 bridgehead atoms. The number of carboxylic acid groups (broad SMARTS) is 1. The average molecular weight is 257 g/mol. The maximum Gasteiger partial charge on any atom is 0.354 e. The minimum atomic E-state index is -1.26. The molecule has 0 radical (unpaired) electrons. The Balaban J connectivity index is 2.74. The van der Waals surface area contributed by atoms with Crippen molar-refractivity contribution < 1.29 is 24.5 Å². The molecule has 8 nitrogen and oxygen atoms in total. The van der Waals surface area contributed by atoms with Crippen molar-refractivity contribution in [1.82, 2.24) is 15.3 Å². The van der Waals surface area contributed by atoms with Gasteiger partial charge in [0.25, 0.3) is 5.91 Å². The zero-order chi connectivity index (χ0) is 13.5. The van der Waals surface area contributed by atoms with Crippen LogP contribution in [0.15, 0.2) is 6.33 Å². The van der Waals surface area contributed by atoms with Crippen LogP contribution in [0.5, 0.6) is 0 Å². The predicted octanol–water partition coefficient (Wildman–Crippen LogP) is -0.765. The number of aliphatic hydroxyl groups excluding tert-OH is 1. The molecule has 0 aliphatic heterocycles. The van der Waals surface area contributed by atoms with Gasteiger partial charge in [0.05, 0.1) is 19.0 Å². The van der Waals surface area contributed by atoms with Gasteiger partial charge >= 0.3 is 5.97 Å². The number of aromatic nitrogens is 2. The topological polar surface area (TPSA) is 125 Å². The Kier molecular flexibility index (Phi) is 5.28. The molecule has 1 unspecified atom stereocenters. The number of H-pyrrole nitrogens is 1. The number of carbonyl (C=O) groups is 2. The molecule has 0 aromatic carbocycles. The fraction of sp³-hybridized carbons (Fsp3) is 0.500. The van der Waals surface area contributed by atoms with E-state index in [2.05, 4.69) is 15.3 Å². The van der Waals surface area contributed by atoms with Gasteiger partial charge in [-0.3, -0.25) is 4.79 Å². The van der Waals surface area contributed by atoms with Crippen LogP contribution in [0, 0.1) is 0 Å². The standard InChI is InChI=1S/C10H15N3O5/c1-18-4-6(2-3-14)13-9(15)7-8(10(16)17)12-5-11-7/h5-6,14H,2-4H2,1H3,(H,11,12)(H,13,15)(H,16,17). The van der Waals surface area contributed by atoms with Crippen molar-refractivity contribution in [3.63, 3.8) is 0 Å². The first-order valence-corrected chi connectivity index (χ1v) is 5.27. The molecular formula is C10H15N3O5. The number of imidazole rings is 1. The Bertz CT molecular complexity index is 411. The Morgan fingerprint density at radius 2 is 2.33 bits per heavy atom. The lowest BCUT2D eigenvalue weighted by molar-refractivity contribution is 0.0682. The molecule has 8 heteroatoms. The van der Waals surface area contributed by atoms with Crippen LogP contribution in [0.2, 0.25) is 0 Å². The van der Waals surface area contributed by atoms with Gasteiger partial charge in [0, 0.05) is 13.7 Å². The van der Waals surface area contributed by atoms with Crippen LogP contribution in [0.4, 0.5) is 0 Å². The van der Waals surface area contributed by atoms with E-state index in [9.17, 15) is 9.59 Å². The molecule has 0 spiro atoms. The van der Waals surface area contributed by atoms with Gasteiger partial charge in [-0.2, -0.15) is 0 Å². The molecule has 4 N–H and O–H groups in total. The lowest BCUT2D eigenvalue weighted by atomic mass is 10.2. The van der Waals surface area contributed by atoms with Gasteiger partial charge in [-0.05, 0) is 6.42 Å². The highest BCUT2D eigenvalue weighted by Crippen LogP contribution is 2.04. The second-order valence-corrected chi connectivity index (χ2v) is 3.57. The average Bonchev–Trinajstić information content (AvgIpc) is 2.78. The molecule has 1 aromatic heterocycles. The quantitative estimate of drug-likeness (QED) is 0.508.